The molecule has 3 rings (SSSR count). The van der Waals surface area contributed by atoms with Gasteiger partial charge in [-0.25, -0.2) is 9.37 Å². The summed E-state index contributed by atoms with van der Waals surface area (Å²) in [4.78, 5) is 8.88. The summed E-state index contributed by atoms with van der Waals surface area (Å²) in [6.45, 7) is 7.49. The van der Waals surface area contributed by atoms with E-state index in [9.17, 15) is 4.39 Å². The molecule has 0 bridgehead atoms. The van der Waals surface area contributed by atoms with Crippen LogP contribution < -0.4 is 15.8 Å². The summed E-state index contributed by atoms with van der Waals surface area (Å²) in [6, 6.07) is 6.17. The molecule has 3 aromatic rings. The van der Waals surface area contributed by atoms with Crippen LogP contribution in [-0.4, -0.2) is 45.5 Å². The average molecular weight is 415 g/mol. The molecule has 0 radical (unpaired) electrons. The molecule has 2 heterocycles. The lowest BCUT2D eigenvalue weighted by Crippen LogP contribution is -2.31. The van der Waals surface area contributed by atoms with E-state index in [4.69, 9.17) is 20.1 Å². The third-order valence-electron chi connectivity index (χ3n) is 4.27. The summed E-state index contributed by atoms with van der Waals surface area (Å²) in [5.41, 5.74) is 8.33. The van der Waals surface area contributed by atoms with Gasteiger partial charge in [0.05, 0.1) is 12.6 Å². The van der Waals surface area contributed by atoms with Gasteiger partial charge in [0.15, 0.2) is 11.6 Å². The average Bonchev–Trinajstić information content (AvgIpc) is 3.17. The first-order chi connectivity index (χ1) is 14.3. The van der Waals surface area contributed by atoms with Crippen molar-refractivity contribution >= 4 is 5.82 Å². The molecule has 1 aromatic carbocycles. The van der Waals surface area contributed by atoms with Crippen LogP contribution in [0.2, 0.25) is 0 Å². The summed E-state index contributed by atoms with van der Waals surface area (Å²) < 4.78 is 25.3. The standard InChI is InChI=1S/C21H26FN5O3/c1-11(2)24-19-7-14(6-13(4)25-19)21-26-20(27-30-21)16-8-17(22)18(5-12(16)3)29-10-15(23)9-28/h5-8,11,15,28H,9-10,23H2,1-4H3,(H,24,25)/t15-/m1/s1. The van der Waals surface area contributed by atoms with Crippen molar-refractivity contribution in [3.05, 3.63) is 41.3 Å². The third-order valence-corrected chi connectivity index (χ3v) is 4.27. The highest BCUT2D eigenvalue weighted by molar-refractivity contribution is 5.65. The molecular weight excluding hydrogens is 389 g/mol. The van der Waals surface area contributed by atoms with Crippen LogP contribution in [0.5, 0.6) is 5.75 Å². The Balaban J connectivity index is 1.87. The maximum absolute atomic E-state index is 14.5. The first kappa shape index (κ1) is 21.7. The molecule has 30 heavy (non-hydrogen) atoms. The first-order valence-corrected chi connectivity index (χ1v) is 9.66. The van der Waals surface area contributed by atoms with Crippen LogP contribution in [-0.2, 0) is 0 Å². The first-order valence-electron chi connectivity index (χ1n) is 9.66. The summed E-state index contributed by atoms with van der Waals surface area (Å²) in [5, 5.41) is 16.2. The number of pyridine rings is 1. The molecule has 0 saturated carbocycles. The molecule has 160 valence electrons. The molecule has 1 atom stereocenters. The highest BCUT2D eigenvalue weighted by Crippen LogP contribution is 2.30. The predicted molar refractivity (Wildman–Crippen MR) is 112 cm³/mol. The zero-order valence-corrected chi connectivity index (χ0v) is 17.4. The number of hydrogen-bond donors (Lipinski definition) is 3. The van der Waals surface area contributed by atoms with Crippen LogP contribution in [0.15, 0.2) is 28.8 Å². The lowest BCUT2D eigenvalue weighted by Gasteiger charge is -2.12. The van der Waals surface area contributed by atoms with E-state index in [0.29, 0.717) is 22.8 Å². The van der Waals surface area contributed by atoms with E-state index in [2.05, 4.69) is 20.4 Å². The number of nitrogens with one attached hydrogen (secondary N) is 1. The van der Waals surface area contributed by atoms with Crippen molar-refractivity contribution in [1.82, 2.24) is 15.1 Å². The number of rotatable bonds is 8. The molecule has 0 aliphatic rings. The van der Waals surface area contributed by atoms with E-state index >= 15 is 0 Å². The molecule has 4 N–H and O–H groups in total. The predicted octanol–water partition coefficient (Wildman–Crippen LogP) is 3.07. The molecule has 0 fully saturated rings. The molecule has 0 aliphatic heterocycles. The molecule has 2 aromatic heterocycles. The normalized spacial score (nSPS) is 12.3. The third kappa shape index (κ3) is 5.11. The lowest BCUT2D eigenvalue weighted by molar-refractivity contribution is 0.202. The maximum Gasteiger partial charge on any atom is 0.258 e. The minimum atomic E-state index is -0.581. The summed E-state index contributed by atoms with van der Waals surface area (Å²) in [6.07, 6.45) is 0. The second-order valence-electron chi connectivity index (χ2n) is 7.46. The second kappa shape index (κ2) is 9.19. The van der Waals surface area contributed by atoms with Crippen molar-refractivity contribution in [2.45, 2.75) is 39.8 Å². The minimum absolute atomic E-state index is 0.00665. The van der Waals surface area contributed by atoms with E-state index < -0.39 is 11.9 Å². The number of aliphatic hydroxyl groups excluding tert-OH is 1. The van der Waals surface area contributed by atoms with E-state index in [1.807, 2.05) is 32.9 Å². The SMILES string of the molecule is Cc1cc(-c2nc(-c3cc(F)c(OC[C@H](N)CO)cc3C)no2)cc(NC(C)C)n1. The highest BCUT2D eigenvalue weighted by atomic mass is 19.1. The highest BCUT2D eigenvalue weighted by Gasteiger charge is 2.17. The number of aliphatic hydroxyl groups is 1. The summed E-state index contributed by atoms with van der Waals surface area (Å²) in [7, 11) is 0. The fraction of sp³-hybridized carbons (Fsp3) is 0.381. The minimum Gasteiger partial charge on any atom is -0.489 e. The Hall–Kier alpha value is -3.04. The van der Waals surface area contributed by atoms with Gasteiger partial charge in [-0.3, -0.25) is 0 Å². The van der Waals surface area contributed by atoms with Crippen LogP contribution in [0.4, 0.5) is 10.2 Å². The van der Waals surface area contributed by atoms with Crippen LogP contribution in [0.1, 0.15) is 25.1 Å². The maximum atomic E-state index is 14.5. The largest absolute Gasteiger partial charge is 0.489 e. The van der Waals surface area contributed by atoms with E-state index in [0.717, 1.165) is 11.3 Å². The molecule has 0 unspecified atom stereocenters. The molecule has 0 amide bonds. The smallest absolute Gasteiger partial charge is 0.258 e. The number of benzene rings is 1. The van der Waals surface area contributed by atoms with Crippen LogP contribution in [0, 0.1) is 19.7 Å². The van der Waals surface area contributed by atoms with E-state index in [1.165, 1.54) is 6.07 Å². The Labute approximate surface area is 174 Å². The summed E-state index contributed by atoms with van der Waals surface area (Å²) in [5.74, 6) is 0.780. The van der Waals surface area contributed by atoms with Gasteiger partial charge in [-0.05, 0) is 57.5 Å². The summed E-state index contributed by atoms with van der Waals surface area (Å²) >= 11 is 0. The van der Waals surface area contributed by atoms with Gasteiger partial charge in [0.2, 0.25) is 5.82 Å². The Morgan fingerprint density at radius 3 is 2.67 bits per heavy atom. The van der Waals surface area contributed by atoms with Gasteiger partial charge in [0.1, 0.15) is 12.4 Å². The Bertz CT molecular complexity index is 1020. The second-order valence-corrected chi connectivity index (χ2v) is 7.46. The van der Waals surface area contributed by atoms with Gasteiger partial charge >= 0.3 is 0 Å². The van der Waals surface area contributed by atoms with E-state index in [1.54, 1.807) is 13.0 Å². The van der Waals surface area contributed by atoms with Crippen molar-refractivity contribution in [2.24, 2.45) is 5.73 Å². The van der Waals surface area contributed by atoms with Crippen molar-refractivity contribution in [3.63, 3.8) is 0 Å². The van der Waals surface area contributed by atoms with Gasteiger partial charge in [-0.2, -0.15) is 4.98 Å². The molecule has 9 heteroatoms. The molecule has 0 saturated heterocycles. The zero-order valence-electron chi connectivity index (χ0n) is 17.4. The van der Waals surface area contributed by atoms with E-state index in [-0.39, 0.29) is 30.8 Å². The number of aromatic nitrogens is 3. The van der Waals surface area contributed by atoms with Crippen molar-refractivity contribution in [1.29, 1.82) is 0 Å². The number of nitrogens with two attached hydrogens (primary N) is 1. The number of ether oxygens (including phenoxy) is 1. The number of hydrogen-bond acceptors (Lipinski definition) is 8. The van der Waals surface area contributed by atoms with Crippen LogP contribution in [0.25, 0.3) is 22.8 Å². The fourth-order valence-corrected chi connectivity index (χ4v) is 2.87. The number of nitrogens with zero attached hydrogens (tertiary/aromatic N) is 3. The van der Waals surface area contributed by atoms with Crippen molar-refractivity contribution in [2.75, 3.05) is 18.5 Å². The quantitative estimate of drug-likeness (QED) is 0.513. The van der Waals surface area contributed by atoms with Gasteiger partial charge in [0, 0.05) is 22.9 Å². The number of anilines is 1. The zero-order chi connectivity index (χ0) is 21.8. The monoisotopic (exact) mass is 415 g/mol. The van der Waals surface area contributed by atoms with Gasteiger partial charge in [0.25, 0.3) is 5.89 Å². The Morgan fingerprint density at radius 1 is 1.20 bits per heavy atom. The molecule has 8 nitrogen and oxygen atoms in total. The molecule has 0 aliphatic carbocycles. The molecular formula is C21H26FN5O3. The molecule has 0 spiro atoms. The lowest BCUT2D eigenvalue weighted by atomic mass is 10.1. The van der Waals surface area contributed by atoms with Crippen molar-refractivity contribution in [3.8, 4) is 28.6 Å². The van der Waals surface area contributed by atoms with Gasteiger partial charge < -0.3 is 25.4 Å². The Kier molecular flexibility index (Phi) is 6.63. The van der Waals surface area contributed by atoms with Crippen molar-refractivity contribution < 1.29 is 18.8 Å². The topological polar surface area (TPSA) is 119 Å². The fourth-order valence-electron chi connectivity index (χ4n) is 2.87. The number of halogens is 1. The van der Waals surface area contributed by atoms with Crippen LogP contribution in [0.3, 0.4) is 0 Å². The van der Waals surface area contributed by atoms with Gasteiger partial charge in [-0.1, -0.05) is 5.16 Å². The Morgan fingerprint density at radius 2 is 1.97 bits per heavy atom. The van der Waals surface area contributed by atoms with Crippen LogP contribution >= 0.6 is 0 Å². The van der Waals surface area contributed by atoms with Gasteiger partial charge in [-0.15, -0.1) is 0 Å². The number of aryl methyl sites for hydroxylation is 2.